The first-order valence-corrected chi connectivity index (χ1v) is 9.69. The zero-order valence-corrected chi connectivity index (χ0v) is 14.8. The molecule has 0 radical (unpaired) electrons. The fourth-order valence-corrected chi connectivity index (χ4v) is 3.26. The molecule has 6 nitrogen and oxygen atoms in total. The van der Waals surface area contributed by atoms with Gasteiger partial charge in [-0.3, -0.25) is 4.18 Å². The first kappa shape index (κ1) is 18.5. The average Bonchev–Trinajstić information content (AvgIpc) is 2.98. The van der Waals surface area contributed by atoms with Crippen molar-refractivity contribution in [3.05, 3.63) is 49.1 Å². The predicted molar refractivity (Wildman–Crippen MR) is 91.1 cm³/mol. The van der Waals surface area contributed by atoms with Crippen molar-refractivity contribution in [3.8, 4) is 5.75 Å². The van der Waals surface area contributed by atoms with E-state index in [2.05, 4.69) is 0 Å². The maximum atomic E-state index is 11.8. The fraction of sp³-hybridized carbons (Fsp3) is 0.471. The molecule has 132 valence electrons. The summed E-state index contributed by atoms with van der Waals surface area (Å²) < 4.78 is 38.1. The van der Waals surface area contributed by atoms with Crippen LogP contribution in [0.1, 0.15) is 19.3 Å². The van der Waals surface area contributed by atoms with Gasteiger partial charge in [-0.15, -0.1) is 0 Å². The lowest BCUT2D eigenvalue weighted by Gasteiger charge is -2.07. The van der Waals surface area contributed by atoms with Crippen molar-refractivity contribution < 1.29 is 21.9 Å². The molecule has 0 bridgehead atoms. The van der Waals surface area contributed by atoms with Gasteiger partial charge >= 0.3 is 0 Å². The van der Waals surface area contributed by atoms with Gasteiger partial charge in [-0.2, -0.15) is 8.42 Å². The normalized spacial score (nSPS) is 11.5. The molecule has 0 aliphatic carbocycles. The Labute approximate surface area is 143 Å². The van der Waals surface area contributed by atoms with Gasteiger partial charge in [-0.25, -0.2) is 9.13 Å². The minimum absolute atomic E-state index is 0.0555. The number of hydrogen-bond donors (Lipinski definition) is 0. The van der Waals surface area contributed by atoms with E-state index in [1.54, 1.807) is 0 Å². The lowest BCUT2D eigenvalue weighted by Crippen LogP contribution is -2.23. The molecule has 1 heterocycles. The van der Waals surface area contributed by atoms with Crippen molar-refractivity contribution in [1.82, 2.24) is 4.57 Å². The maximum absolute atomic E-state index is 11.8. The summed E-state index contributed by atoms with van der Waals surface area (Å²) in [6.07, 6.45) is 7.82. The zero-order valence-electron chi connectivity index (χ0n) is 14.0. The molecule has 0 saturated carbocycles. The molecule has 2 rings (SSSR count). The molecule has 0 amide bonds. The highest BCUT2D eigenvalue weighted by Gasteiger charge is 2.11. The molecule has 0 aliphatic rings. The van der Waals surface area contributed by atoms with Crippen molar-refractivity contribution in [1.29, 1.82) is 0 Å². The van der Waals surface area contributed by atoms with Crippen LogP contribution in [-0.2, 0) is 27.9 Å². The molecule has 1 aromatic carbocycles. The summed E-state index contributed by atoms with van der Waals surface area (Å²) in [6, 6.07) is 9.43. The number of imidazole rings is 1. The molecule has 24 heavy (non-hydrogen) atoms. The predicted octanol–water partition coefficient (Wildman–Crippen LogP) is 1.91. The Morgan fingerprint density at radius 3 is 2.58 bits per heavy atom. The van der Waals surface area contributed by atoms with E-state index in [0.717, 1.165) is 18.7 Å². The number of nitrogens with zero attached hydrogens (tertiary/aromatic N) is 2. The zero-order chi connectivity index (χ0) is 17.3. The second-order valence-corrected chi connectivity index (χ2v) is 7.38. The fourth-order valence-electron chi connectivity index (χ4n) is 2.22. The van der Waals surface area contributed by atoms with E-state index in [1.165, 1.54) is 0 Å². The molecule has 0 spiro atoms. The van der Waals surface area contributed by atoms with E-state index in [-0.39, 0.29) is 12.4 Å². The molecule has 0 unspecified atom stereocenters. The van der Waals surface area contributed by atoms with Crippen LogP contribution >= 0.6 is 0 Å². The van der Waals surface area contributed by atoms with Gasteiger partial charge < -0.3 is 4.74 Å². The minimum Gasteiger partial charge on any atom is -0.494 e. The lowest BCUT2D eigenvalue weighted by atomic mass is 10.3. The SMILES string of the molecule is C[n+]1ccn(CCCCS(=O)(=O)OCCCOc2ccccc2)c1. The highest BCUT2D eigenvalue weighted by atomic mass is 32.2. The minimum atomic E-state index is -3.45. The highest BCUT2D eigenvalue weighted by molar-refractivity contribution is 7.86. The molecular weight excluding hydrogens is 328 g/mol. The third-order valence-electron chi connectivity index (χ3n) is 3.45. The third kappa shape index (κ3) is 7.14. The third-order valence-corrected chi connectivity index (χ3v) is 4.76. The van der Waals surface area contributed by atoms with E-state index in [1.807, 2.05) is 65.2 Å². The summed E-state index contributed by atoms with van der Waals surface area (Å²) in [7, 11) is -1.49. The van der Waals surface area contributed by atoms with Crippen molar-refractivity contribution >= 4 is 10.1 Å². The van der Waals surface area contributed by atoms with Crippen molar-refractivity contribution in [3.63, 3.8) is 0 Å². The Morgan fingerprint density at radius 2 is 1.88 bits per heavy atom. The van der Waals surface area contributed by atoms with Crippen LogP contribution in [0.5, 0.6) is 5.75 Å². The Balaban J connectivity index is 1.54. The molecule has 0 saturated heterocycles. The highest BCUT2D eigenvalue weighted by Crippen LogP contribution is 2.08. The number of rotatable bonds is 11. The van der Waals surface area contributed by atoms with Crippen LogP contribution in [-0.4, -0.2) is 32.0 Å². The number of hydrogen-bond acceptors (Lipinski definition) is 4. The Bertz CT molecular complexity index is 698. The smallest absolute Gasteiger partial charge is 0.267 e. The van der Waals surface area contributed by atoms with E-state index in [0.29, 0.717) is 19.4 Å². The van der Waals surface area contributed by atoms with Crippen LogP contribution in [0, 0.1) is 0 Å². The molecule has 0 aliphatic heterocycles. The van der Waals surface area contributed by atoms with Gasteiger partial charge in [0, 0.05) is 6.42 Å². The maximum Gasteiger partial charge on any atom is 0.267 e. The Morgan fingerprint density at radius 1 is 1.08 bits per heavy atom. The van der Waals surface area contributed by atoms with Crippen LogP contribution < -0.4 is 9.30 Å². The van der Waals surface area contributed by atoms with E-state index in [4.69, 9.17) is 8.92 Å². The summed E-state index contributed by atoms with van der Waals surface area (Å²) in [5.74, 6) is 0.832. The molecular formula is C17H25N2O4S+. The van der Waals surface area contributed by atoms with Crippen LogP contribution in [0.2, 0.25) is 0 Å². The van der Waals surface area contributed by atoms with Gasteiger partial charge in [0.2, 0.25) is 6.33 Å². The average molecular weight is 353 g/mol. The van der Waals surface area contributed by atoms with Crippen molar-refractivity contribution in [2.75, 3.05) is 19.0 Å². The first-order valence-electron chi connectivity index (χ1n) is 8.11. The van der Waals surface area contributed by atoms with Crippen LogP contribution in [0.15, 0.2) is 49.1 Å². The lowest BCUT2D eigenvalue weighted by molar-refractivity contribution is -0.671. The van der Waals surface area contributed by atoms with E-state index < -0.39 is 10.1 Å². The van der Waals surface area contributed by atoms with Gasteiger partial charge in [0.25, 0.3) is 10.1 Å². The molecule has 2 aromatic rings. The van der Waals surface area contributed by atoms with Gasteiger partial charge in [0.15, 0.2) is 0 Å². The largest absolute Gasteiger partial charge is 0.494 e. The Hall–Kier alpha value is -1.86. The van der Waals surface area contributed by atoms with Gasteiger partial charge in [0.1, 0.15) is 18.1 Å². The number of ether oxygens (including phenoxy) is 1. The molecule has 0 fully saturated rings. The summed E-state index contributed by atoms with van der Waals surface area (Å²) in [4.78, 5) is 0. The number of aromatic nitrogens is 2. The van der Waals surface area contributed by atoms with Crippen LogP contribution in [0.4, 0.5) is 0 Å². The van der Waals surface area contributed by atoms with Gasteiger partial charge in [0.05, 0.1) is 32.6 Å². The van der Waals surface area contributed by atoms with Crippen LogP contribution in [0.25, 0.3) is 0 Å². The molecule has 0 N–H and O–H groups in total. The summed E-state index contributed by atoms with van der Waals surface area (Å²) in [5, 5.41) is 0. The molecule has 7 heteroatoms. The number of aryl methyl sites for hydroxylation is 2. The summed E-state index contributed by atoms with van der Waals surface area (Å²) in [6.45, 7) is 1.40. The van der Waals surface area contributed by atoms with Gasteiger partial charge in [-0.1, -0.05) is 18.2 Å². The van der Waals surface area contributed by atoms with Gasteiger partial charge in [-0.05, 0) is 25.0 Å². The molecule has 1 aromatic heterocycles. The first-order chi connectivity index (χ1) is 11.6. The van der Waals surface area contributed by atoms with Crippen LogP contribution in [0.3, 0.4) is 0 Å². The quantitative estimate of drug-likeness (QED) is 0.352. The standard InChI is InChI=1S/C17H25N2O4S/c1-18-11-12-19(16-18)10-5-6-15-24(20,21)23-14-7-13-22-17-8-3-2-4-9-17/h2-4,8-9,11-12,16H,5-7,10,13-15H2,1H3/q+1. The number of unbranched alkanes of at least 4 members (excludes halogenated alkanes) is 1. The van der Waals surface area contributed by atoms with E-state index in [9.17, 15) is 8.42 Å². The second kappa shape index (κ2) is 9.44. The topological polar surface area (TPSA) is 61.4 Å². The molecule has 0 atom stereocenters. The van der Waals surface area contributed by atoms with E-state index >= 15 is 0 Å². The van der Waals surface area contributed by atoms with Crippen molar-refractivity contribution in [2.24, 2.45) is 7.05 Å². The number of para-hydroxylation sites is 1. The second-order valence-electron chi connectivity index (χ2n) is 5.62. The summed E-state index contributed by atoms with van der Waals surface area (Å²) >= 11 is 0. The summed E-state index contributed by atoms with van der Waals surface area (Å²) in [5.41, 5.74) is 0. The monoisotopic (exact) mass is 353 g/mol. The van der Waals surface area contributed by atoms with Crippen molar-refractivity contribution in [2.45, 2.75) is 25.8 Å². The number of benzene rings is 1. The Kier molecular flexibility index (Phi) is 7.27.